The topological polar surface area (TPSA) is 43.6 Å². The van der Waals surface area contributed by atoms with Crippen molar-refractivity contribution in [2.45, 2.75) is 39.2 Å². The average molecular weight is 537 g/mol. The van der Waals surface area contributed by atoms with E-state index in [1.165, 1.54) is 5.52 Å². The summed E-state index contributed by atoms with van der Waals surface area (Å²) < 4.78 is 2.46. The van der Waals surface area contributed by atoms with Crippen LogP contribution in [-0.2, 0) is 5.41 Å². The lowest BCUT2D eigenvalue weighted by molar-refractivity contribution is 0.221. The van der Waals surface area contributed by atoms with Crippen LogP contribution in [-0.4, -0.2) is 19.5 Å². The molecule has 3 aromatic rings. The Bertz CT molecular complexity index is 1870. The molecule has 4 unspecified atom stereocenters. The maximum Gasteiger partial charge on any atom is 0.120 e. The van der Waals surface area contributed by atoms with E-state index in [1.54, 1.807) is 6.08 Å². The lowest BCUT2D eigenvalue weighted by atomic mass is 9.61. The predicted molar refractivity (Wildman–Crippen MR) is 172 cm³/mol. The molecular formula is C37H36N4. The van der Waals surface area contributed by atoms with E-state index < -0.39 is 0 Å². The van der Waals surface area contributed by atoms with Gasteiger partial charge in [0.15, 0.2) is 0 Å². The first kappa shape index (κ1) is 26.6. The van der Waals surface area contributed by atoms with Gasteiger partial charge in [0.05, 0.1) is 44.6 Å². The quantitative estimate of drug-likeness (QED) is 0.331. The van der Waals surface area contributed by atoms with Crippen LogP contribution in [0.25, 0.3) is 34.3 Å². The average Bonchev–Trinajstić information content (AvgIpc) is 3.40. The summed E-state index contributed by atoms with van der Waals surface area (Å²) in [5.74, 6) is 1.59. The zero-order chi connectivity index (χ0) is 28.6. The van der Waals surface area contributed by atoms with Gasteiger partial charge < -0.3 is 4.57 Å². The Balaban J connectivity index is 1.60. The zero-order valence-electron chi connectivity index (χ0n) is 24.2. The van der Waals surface area contributed by atoms with E-state index in [-0.39, 0.29) is 23.3 Å². The number of allylic oxidation sites excluding steroid dienone is 15. The summed E-state index contributed by atoms with van der Waals surface area (Å²) in [5, 5.41) is 1.66. The van der Waals surface area contributed by atoms with Gasteiger partial charge in [0.25, 0.3) is 0 Å². The van der Waals surface area contributed by atoms with Crippen molar-refractivity contribution < 1.29 is 0 Å². The van der Waals surface area contributed by atoms with Gasteiger partial charge in [0.1, 0.15) is 5.82 Å². The number of rotatable bonds is 5. The van der Waals surface area contributed by atoms with Crippen LogP contribution in [0.2, 0.25) is 0 Å². The van der Waals surface area contributed by atoms with E-state index >= 15 is 0 Å². The fourth-order valence-corrected chi connectivity index (χ4v) is 6.52. The molecule has 0 N–H and O–H groups in total. The Morgan fingerprint density at radius 1 is 1.00 bits per heavy atom. The summed E-state index contributed by atoms with van der Waals surface area (Å²) in [6, 6.07) is 8.69. The Morgan fingerprint density at radius 2 is 1.83 bits per heavy atom. The largest absolute Gasteiger partial charge is 0.320 e. The smallest absolute Gasteiger partial charge is 0.120 e. The van der Waals surface area contributed by atoms with Crippen LogP contribution in [0.15, 0.2) is 110 Å². The molecule has 1 aliphatic heterocycles. The molecule has 4 nitrogen and oxygen atoms in total. The number of para-hydroxylation sites is 2. The van der Waals surface area contributed by atoms with Crippen LogP contribution in [0.5, 0.6) is 0 Å². The van der Waals surface area contributed by atoms with Gasteiger partial charge in [-0.2, -0.15) is 0 Å². The van der Waals surface area contributed by atoms with Crippen molar-refractivity contribution >= 4 is 34.3 Å². The molecular weight excluding hydrogens is 500 g/mol. The minimum Gasteiger partial charge on any atom is -0.320 e. The highest BCUT2D eigenvalue weighted by Crippen LogP contribution is 2.53. The summed E-state index contributed by atoms with van der Waals surface area (Å²) in [6.07, 6.45) is 32.1. The molecule has 0 saturated carbocycles. The Labute approximate surface area is 242 Å². The van der Waals surface area contributed by atoms with Crippen molar-refractivity contribution in [2.24, 2.45) is 11.8 Å². The van der Waals surface area contributed by atoms with E-state index in [2.05, 4.69) is 109 Å². The molecule has 1 aromatic carbocycles. The second-order valence-electron chi connectivity index (χ2n) is 10.9. The predicted octanol–water partition coefficient (Wildman–Crippen LogP) is 6.95. The monoisotopic (exact) mass is 536 g/mol. The zero-order valence-corrected chi connectivity index (χ0v) is 24.2. The third-order valence-electron chi connectivity index (χ3n) is 8.46. The first-order valence-electron chi connectivity index (χ1n) is 14.4. The molecule has 3 aliphatic rings. The van der Waals surface area contributed by atoms with E-state index in [1.807, 2.05) is 39.0 Å². The SMILES string of the molecule is C=C/C=c1/nc(C2=CC3C4C=CC=CC4n4c(nc5ccccc54)C3(C)C=C2)c(C(/C=C\C)=C/C=C\C)n/c1=C/C. The van der Waals surface area contributed by atoms with E-state index in [0.717, 1.165) is 44.6 Å². The van der Waals surface area contributed by atoms with Crippen molar-refractivity contribution in [3.8, 4) is 0 Å². The molecule has 3 heterocycles. The highest BCUT2D eigenvalue weighted by atomic mass is 15.1. The van der Waals surface area contributed by atoms with Crippen molar-refractivity contribution in [3.63, 3.8) is 0 Å². The third kappa shape index (κ3) is 4.35. The van der Waals surface area contributed by atoms with Crippen molar-refractivity contribution in [3.05, 3.63) is 138 Å². The van der Waals surface area contributed by atoms with Crippen molar-refractivity contribution in [2.75, 3.05) is 0 Å². The Kier molecular flexibility index (Phi) is 7.00. The molecule has 41 heavy (non-hydrogen) atoms. The van der Waals surface area contributed by atoms with Gasteiger partial charge in [0.2, 0.25) is 0 Å². The minimum absolute atomic E-state index is 0.196. The molecule has 6 rings (SSSR count). The van der Waals surface area contributed by atoms with Crippen LogP contribution in [0, 0.1) is 11.8 Å². The lowest BCUT2D eigenvalue weighted by Gasteiger charge is -2.48. The van der Waals surface area contributed by atoms with Crippen molar-refractivity contribution in [1.82, 2.24) is 19.5 Å². The summed E-state index contributed by atoms with van der Waals surface area (Å²) in [4.78, 5) is 15.6. The van der Waals surface area contributed by atoms with Gasteiger partial charge in [-0.05, 0) is 51.5 Å². The first-order valence-corrected chi connectivity index (χ1v) is 14.4. The van der Waals surface area contributed by atoms with Gasteiger partial charge in [0, 0.05) is 17.4 Å². The number of fused-ring (bicyclic) bond motifs is 8. The van der Waals surface area contributed by atoms with Crippen LogP contribution in [0.4, 0.5) is 0 Å². The Morgan fingerprint density at radius 3 is 2.61 bits per heavy atom. The number of nitrogens with zero attached hydrogens (tertiary/aromatic N) is 4. The molecule has 0 amide bonds. The second kappa shape index (κ2) is 10.8. The summed E-state index contributed by atoms with van der Waals surface area (Å²) in [7, 11) is 0. The maximum absolute atomic E-state index is 5.22. The number of imidazole rings is 1. The maximum atomic E-state index is 5.22. The van der Waals surface area contributed by atoms with Gasteiger partial charge in [-0.15, -0.1) is 0 Å². The highest BCUT2D eigenvalue weighted by molar-refractivity contribution is 5.85. The Hall–Kier alpha value is -4.57. The molecule has 0 saturated heterocycles. The standard InChI is InChI=1S/C37H36N4/c1-6-10-17-25(15-7-2)34-35(39-30(16-8-3)29(9-4)38-34)26-22-23-37(5)28(24-26)27-18-11-13-20-32(27)41-33-21-14-12-19-31(33)40-36(37)41/h6-24,27-28,32H,3H2,1-2,4-5H3/b10-6-,15-7-,25-17+,29-9+,30-16+. The number of aromatic nitrogens is 4. The normalized spacial score (nSPS) is 26.1. The molecule has 2 aliphatic carbocycles. The van der Waals surface area contributed by atoms with Crippen molar-refractivity contribution in [1.29, 1.82) is 0 Å². The first-order chi connectivity index (χ1) is 20.0. The van der Waals surface area contributed by atoms with E-state index in [0.29, 0.717) is 0 Å². The molecule has 0 bridgehead atoms. The number of benzene rings is 1. The number of hydrogen-bond acceptors (Lipinski definition) is 3. The molecule has 4 atom stereocenters. The number of hydrogen-bond donors (Lipinski definition) is 0. The highest BCUT2D eigenvalue weighted by Gasteiger charge is 2.49. The van der Waals surface area contributed by atoms with Gasteiger partial charge in [-0.25, -0.2) is 15.0 Å². The summed E-state index contributed by atoms with van der Waals surface area (Å²) >= 11 is 0. The van der Waals surface area contributed by atoms with Crippen LogP contribution < -0.4 is 10.7 Å². The van der Waals surface area contributed by atoms with Crippen LogP contribution >= 0.6 is 0 Å². The molecule has 4 heteroatoms. The summed E-state index contributed by atoms with van der Waals surface area (Å²) in [5.41, 5.74) is 5.81. The van der Waals surface area contributed by atoms with Crippen LogP contribution in [0.3, 0.4) is 0 Å². The van der Waals surface area contributed by atoms with E-state index in [9.17, 15) is 0 Å². The van der Waals surface area contributed by atoms with Gasteiger partial charge >= 0.3 is 0 Å². The fraction of sp³-hybridized carbons (Fsp3) is 0.216. The molecule has 0 spiro atoms. The van der Waals surface area contributed by atoms with Gasteiger partial charge in [-0.1, -0.05) is 104 Å². The molecule has 0 radical (unpaired) electrons. The fourth-order valence-electron chi connectivity index (χ4n) is 6.52. The van der Waals surface area contributed by atoms with Crippen LogP contribution in [0.1, 0.15) is 50.9 Å². The minimum atomic E-state index is -0.271. The third-order valence-corrected chi connectivity index (χ3v) is 8.46. The summed E-state index contributed by atoms with van der Waals surface area (Å²) in [6.45, 7) is 12.3. The lowest BCUT2D eigenvalue weighted by Crippen LogP contribution is -2.46. The molecule has 0 fully saturated rings. The van der Waals surface area contributed by atoms with Gasteiger partial charge in [-0.3, -0.25) is 0 Å². The molecule has 204 valence electrons. The molecule has 2 aromatic heterocycles. The second-order valence-corrected chi connectivity index (χ2v) is 10.9. The van der Waals surface area contributed by atoms with E-state index in [4.69, 9.17) is 15.0 Å².